The number of fused-ring (bicyclic) bond motifs is 8. The lowest BCUT2D eigenvalue weighted by molar-refractivity contribution is 0.672. The van der Waals surface area contributed by atoms with Crippen molar-refractivity contribution in [1.82, 2.24) is 14.5 Å². The van der Waals surface area contributed by atoms with E-state index in [0.29, 0.717) is 5.82 Å². The van der Waals surface area contributed by atoms with Crippen LogP contribution in [0.25, 0.3) is 116 Å². The van der Waals surface area contributed by atoms with Gasteiger partial charge in [-0.25, -0.2) is 9.97 Å². The quantitative estimate of drug-likeness (QED) is 0.169. The van der Waals surface area contributed by atoms with Crippen molar-refractivity contribution in [2.45, 2.75) is 0 Å². The number of hydrogen-bond donors (Lipinski definition) is 0. The van der Waals surface area contributed by atoms with E-state index in [1.165, 1.54) is 21.8 Å². The summed E-state index contributed by atoms with van der Waals surface area (Å²) < 4.78 is 9.22. The Morgan fingerprint density at radius 3 is 1.58 bits per heavy atom. The number of nitrogens with zero attached hydrogens (tertiary/aromatic N) is 3. The summed E-state index contributed by atoms with van der Waals surface area (Å²) in [6, 6.07) is 74.9. The summed E-state index contributed by atoms with van der Waals surface area (Å²) in [5, 5.41) is 6.94. The summed E-state index contributed by atoms with van der Waals surface area (Å²) in [6.45, 7) is 0. The molecule has 0 aliphatic rings. The Labute approximate surface area is 346 Å². The van der Waals surface area contributed by atoms with Gasteiger partial charge in [0.1, 0.15) is 11.2 Å². The first-order valence-corrected chi connectivity index (χ1v) is 20.3. The maximum atomic E-state index is 6.80. The van der Waals surface area contributed by atoms with E-state index in [4.69, 9.17) is 14.4 Å². The van der Waals surface area contributed by atoms with Crippen LogP contribution in [0.4, 0.5) is 0 Å². The number of para-hydroxylation sites is 2. The molecule has 12 aromatic rings. The van der Waals surface area contributed by atoms with Crippen LogP contribution in [0.2, 0.25) is 0 Å². The van der Waals surface area contributed by atoms with E-state index in [-0.39, 0.29) is 0 Å². The molecule has 4 heteroatoms. The molecule has 0 saturated heterocycles. The van der Waals surface area contributed by atoms with Gasteiger partial charge in [0.2, 0.25) is 0 Å². The highest BCUT2D eigenvalue weighted by atomic mass is 16.3. The average Bonchev–Trinajstić information content (AvgIpc) is 3.88. The summed E-state index contributed by atoms with van der Waals surface area (Å²) in [7, 11) is 0. The van der Waals surface area contributed by atoms with E-state index in [1.54, 1.807) is 0 Å². The molecule has 9 aromatic carbocycles. The number of aromatic nitrogens is 3. The molecule has 0 N–H and O–H groups in total. The van der Waals surface area contributed by atoms with Gasteiger partial charge in [0.25, 0.3) is 0 Å². The molecule has 0 radical (unpaired) electrons. The Morgan fingerprint density at radius 1 is 0.350 bits per heavy atom. The van der Waals surface area contributed by atoms with Gasteiger partial charge in [0.05, 0.1) is 28.1 Å². The maximum absolute atomic E-state index is 6.80. The second-order valence-electron chi connectivity index (χ2n) is 15.3. The summed E-state index contributed by atoms with van der Waals surface area (Å²) in [6.07, 6.45) is 0. The molecule has 0 atom stereocenters. The van der Waals surface area contributed by atoms with E-state index >= 15 is 0 Å². The van der Waals surface area contributed by atoms with Gasteiger partial charge < -0.3 is 8.98 Å². The molecule has 60 heavy (non-hydrogen) atoms. The lowest BCUT2D eigenvalue weighted by atomic mass is 9.94. The molecule has 3 heterocycles. The minimum atomic E-state index is 0.708. The average molecular weight is 766 g/mol. The molecule has 0 unspecified atom stereocenters. The van der Waals surface area contributed by atoms with Crippen LogP contribution in [0.3, 0.4) is 0 Å². The first-order chi connectivity index (χ1) is 29.7. The van der Waals surface area contributed by atoms with Crippen LogP contribution in [0.15, 0.2) is 217 Å². The Hall–Kier alpha value is -8.08. The molecule has 0 aliphatic carbocycles. The summed E-state index contributed by atoms with van der Waals surface area (Å²) >= 11 is 0. The Bertz CT molecular complexity index is 3470. The van der Waals surface area contributed by atoms with E-state index < -0.39 is 0 Å². The molecule has 280 valence electrons. The summed E-state index contributed by atoms with van der Waals surface area (Å²) in [5.41, 5.74) is 14.7. The molecule has 0 amide bonds. The van der Waals surface area contributed by atoms with Crippen LogP contribution in [-0.4, -0.2) is 14.5 Å². The molecule has 0 bridgehead atoms. The smallest absolute Gasteiger partial charge is 0.160 e. The third-order valence-electron chi connectivity index (χ3n) is 11.8. The zero-order valence-corrected chi connectivity index (χ0v) is 32.5. The zero-order valence-electron chi connectivity index (χ0n) is 32.5. The van der Waals surface area contributed by atoms with Gasteiger partial charge in [-0.1, -0.05) is 176 Å². The van der Waals surface area contributed by atoms with Gasteiger partial charge >= 0.3 is 0 Å². The van der Waals surface area contributed by atoms with Crippen molar-refractivity contribution < 1.29 is 4.42 Å². The number of hydrogen-bond acceptors (Lipinski definition) is 3. The Kier molecular flexibility index (Phi) is 7.82. The maximum Gasteiger partial charge on any atom is 0.160 e. The van der Waals surface area contributed by atoms with Crippen molar-refractivity contribution in [3.63, 3.8) is 0 Å². The van der Waals surface area contributed by atoms with Crippen LogP contribution in [-0.2, 0) is 0 Å². The SMILES string of the molecule is c1ccc(-c2cc(-c3ccc(-c4cccc(-c5cccc6oc7c8ccccc8c(-n8c9ccccc9c9ccccc98)cc7c56)c4)cc3)nc(-c3ccccc3)n2)cc1. The summed E-state index contributed by atoms with van der Waals surface area (Å²) in [4.78, 5) is 10.0. The van der Waals surface area contributed by atoms with Crippen molar-refractivity contribution in [1.29, 1.82) is 0 Å². The minimum absolute atomic E-state index is 0.708. The molecule has 3 aromatic heterocycles. The van der Waals surface area contributed by atoms with Gasteiger partial charge in [0, 0.05) is 49.0 Å². The number of benzene rings is 9. The fourth-order valence-electron chi connectivity index (χ4n) is 9.00. The molecule has 0 spiro atoms. The van der Waals surface area contributed by atoms with E-state index in [2.05, 4.69) is 180 Å². The van der Waals surface area contributed by atoms with E-state index in [9.17, 15) is 0 Å². The van der Waals surface area contributed by atoms with Crippen LogP contribution >= 0.6 is 0 Å². The minimum Gasteiger partial charge on any atom is -0.455 e. The fourth-order valence-corrected chi connectivity index (χ4v) is 9.00. The second-order valence-corrected chi connectivity index (χ2v) is 15.3. The van der Waals surface area contributed by atoms with Crippen molar-refractivity contribution in [3.8, 4) is 61.8 Å². The van der Waals surface area contributed by atoms with Gasteiger partial charge in [-0.05, 0) is 58.7 Å². The highest BCUT2D eigenvalue weighted by Crippen LogP contribution is 2.44. The van der Waals surface area contributed by atoms with E-state index in [0.717, 1.165) is 88.7 Å². The van der Waals surface area contributed by atoms with Crippen LogP contribution in [0.5, 0.6) is 0 Å². The summed E-state index contributed by atoms with van der Waals surface area (Å²) in [5.74, 6) is 0.708. The largest absolute Gasteiger partial charge is 0.455 e. The van der Waals surface area contributed by atoms with Gasteiger partial charge in [-0.3, -0.25) is 0 Å². The molecule has 0 fully saturated rings. The van der Waals surface area contributed by atoms with Gasteiger partial charge in [-0.2, -0.15) is 0 Å². The highest BCUT2D eigenvalue weighted by molar-refractivity contribution is 6.22. The van der Waals surface area contributed by atoms with Crippen molar-refractivity contribution in [3.05, 3.63) is 212 Å². The second kappa shape index (κ2) is 13.8. The lowest BCUT2D eigenvalue weighted by Crippen LogP contribution is -1.95. The molecular weight excluding hydrogens is 731 g/mol. The van der Waals surface area contributed by atoms with Crippen molar-refractivity contribution in [2.75, 3.05) is 0 Å². The molecule has 12 rings (SSSR count). The van der Waals surface area contributed by atoms with Crippen LogP contribution in [0.1, 0.15) is 0 Å². The first-order valence-electron chi connectivity index (χ1n) is 20.3. The molecule has 4 nitrogen and oxygen atoms in total. The number of furan rings is 1. The van der Waals surface area contributed by atoms with Crippen LogP contribution < -0.4 is 0 Å². The predicted octanol–water partition coefficient (Wildman–Crippen LogP) is 15.0. The standard InChI is InChI=1S/C56H35N3O/c1-3-15-37(16-4-1)48-35-49(58-56(57-48)39-17-5-2-6-18-39)38-31-29-36(30-32-38)40-19-13-20-41(33-40)42-25-14-28-53-54(42)47-34-52(45-23-7-8-24-46(45)55(47)60-53)59-50-26-11-9-21-43(50)44-22-10-12-27-51(44)59/h1-35H. The van der Waals surface area contributed by atoms with Gasteiger partial charge in [-0.15, -0.1) is 0 Å². The topological polar surface area (TPSA) is 43.9 Å². The zero-order chi connectivity index (χ0) is 39.6. The lowest BCUT2D eigenvalue weighted by Gasteiger charge is -2.13. The monoisotopic (exact) mass is 765 g/mol. The third-order valence-corrected chi connectivity index (χ3v) is 11.8. The molecule has 0 aliphatic heterocycles. The fraction of sp³-hybridized carbons (Fsp3) is 0. The van der Waals surface area contributed by atoms with Crippen molar-refractivity contribution in [2.24, 2.45) is 0 Å². The Balaban J connectivity index is 0.979. The third kappa shape index (κ3) is 5.53. The van der Waals surface area contributed by atoms with E-state index in [1.807, 2.05) is 36.4 Å². The molecular formula is C56H35N3O. The highest BCUT2D eigenvalue weighted by Gasteiger charge is 2.20. The van der Waals surface area contributed by atoms with Crippen molar-refractivity contribution >= 4 is 54.5 Å². The number of rotatable bonds is 6. The predicted molar refractivity (Wildman–Crippen MR) is 248 cm³/mol. The van der Waals surface area contributed by atoms with Crippen LogP contribution in [0, 0.1) is 0 Å². The van der Waals surface area contributed by atoms with Gasteiger partial charge in [0.15, 0.2) is 5.82 Å². The Morgan fingerprint density at radius 2 is 0.883 bits per heavy atom. The normalized spacial score (nSPS) is 11.7. The molecule has 0 saturated carbocycles. The first kappa shape index (κ1) is 34.0.